The molecule has 0 radical (unpaired) electrons. The average molecular weight is 294 g/mol. The fraction of sp³-hybridized carbons (Fsp3) is 0.286. The molecule has 21 heavy (non-hydrogen) atoms. The molecule has 0 amide bonds. The Morgan fingerprint density at radius 1 is 1.19 bits per heavy atom. The molecule has 5 nitrogen and oxygen atoms in total. The Hall–Kier alpha value is -2.28. The summed E-state index contributed by atoms with van der Waals surface area (Å²) in [4.78, 5) is 8.26. The third-order valence-corrected chi connectivity index (χ3v) is 2.66. The minimum absolute atomic E-state index is 0.303. The van der Waals surface area contributed by atoms with Crippen LogP contribution in [-0.2, 0) is 4.74 Å². The topological polar surface area (TPSA) is 59.1 Å². The van der Waals surface area contributed by atoms with E-state index in [1.807, 2.05) is 0 Å². The van der Waals surface area contributed by atoms with E-state index in [1.54, 1.807) is 19.4 Å². The van der Waals surface area contributed by atoms with E-state index in [9.17, 15) is 8.78 Å². The molecule has 0 saturated carbocycles. The van der Waals surface area contributed by atoms with Gasteiger partial charge in [-0.05, 0) is 24.6 Å². The summed E-state index contributed by atoms with van der Waals surface area (Å²) in [5, 5.41) is 5.94. The van der Waals surface area contributed by atoms with Crippen LogP contribution in [-0.4, -0.2) is 30.2 Å². The molecular formula is C14H16F2N4O. The average Bonchev–Trinajstić information content (AvgIpc) is 2.48. The number of rotatable bonds is 7. The maximum Gasteiger partial charge on any atom is 0.229 e. The van der Waals surface area contributed by atoms with Gasteiger partial charge in [-0.3, -0.25) is 0 Å². The highest BCUT2D eigenvalue weighted by Gasteiger charge is 2.04. The standard InChI is InChI=1S/C14H16F2N4O/c1-21-8-2-6-17-13-5-7-18-14(20-13)19-10-3-4-11(15)12(16)9-10/h3-5,7,9H,2,6,8H2,1H3,(H2,17,18,19,20). The van der Waals surface area contributed by atoms with Crippen molar-refractivity contribution in [1.29, 1.82) is 0 Å². The van der Waals surface area contributed by atoms with Gasteiger partial charge < -0.3 is 15.4 Å². The van der Waals surface area contributed by atoms with Gasteiger partial charge in [0.05, 0.1) is 0 Å². The Bertz CT molecular complexity index is 595. The van der Waals surface area contributed by atoms with Gasteiger partial charge in [-0.1, -0.05) is 0 Å². The van der Waals surface area contributed by atoms with Crippen LogP contribution in [0.25, 0.3) is 0 Å². The minimum atomic E-state index is -0.922. The Morgan fingerprint density at radius 2 is 2.05 bits per heavy atom. The van der Waals surface area contributed by atoms with Crippen molar-refractivity contribution in [3.63, 3.8) is 0 Å². The van der Waals surface area contributed by atoms with Crippen molar-refractivity contribution in [3.05, 3.63) is 42.1 Å². The highest BCUT2D eigenvalue weighted by Crippen LogP contribution is 2.17. The van der Waals surface area contributed by atoms with Crippen molar-refractivity contribution >= 4 is 17.5 Å². The van der Waals surface area contributed by atoms with Crippen LogP contribution in [0, 0.1) is 11.6 Å². The largest absolute Gasteiger partial charge is 0.385 e. The van der Waals surface area contributed by atoms with Gasteiger partial charge in [-0.15, -0.1) is 0 Å². The van der Waals surface area contributed by atoms with Crippen molar-refractivity contribution in [1.82, 2.24) is 9.97 Å². The normalized spacial score (nSPS) is 10.4. The lowest BCUT2D eigenvalue weighted by molar-refractivity contribution is 0.198. The van der Waals surface area contributed by atoms with Crippen molar-refractivity contribution in [2.45, 2.75) is 6.42 Å². The second-order valence-electron chi connectivity index (χ2n) is 4.29. The SMILES string of the molecule is COCCCNc1ccnc(Nc2ccc(F)c(F)c2)n1. The van der Waals surface area contributed by atoms with Gasteiger partial charge in [-0.25, -0.2) is 13.8 Å². The molecule has 1 heterocycles. The number of aromatic nitrogens is 2. The summed E-state index contributed by atoms with van der Waals surface area (Å²) < 4.78 is 30.9. The number of hydrogen-bond acceptors (Lipinski definition) is 5. The lowest BCUT2D eigenvalue weighted by atomic mass is 10.3. The number of anilines is 3. The molecule has 112 valence electrons. The van der Waals surface area contributed by atoms with E-state index in [0.29, 0.717) is 24.1 Å². The van der Waals surface area contributed by atoms with E-state index in [1.165, 1.54) is 6.07 Å². The molecule has 0 unspecified atom stereocenters. The molecule has 0 saturated heterocycles. The van der Waals surface area contributed by atoms with Crippen LogP contribution < -0.4 is 10.6 Å². The summed E-state index contributed by atoms with van der Waals surface area (Å²) in [6.07, 6.45) is 2.43. The molecule has 0 atom stereocenters. The Balaban J connectivity index is 1.98. The van der Waals surface area contributed by atoms with Gasteiger partial charge in [0.1, 0.15) is 5.82 Å². The van der Waals surface area contributed by atoms with Gasteiger partial charge in [0.15, 0.2) is 11.6 Å². The van der Waals surface area contributed by atoms with Crippen LogP contribution in [0.5, 0.6) is 0 Å². The van der Waals surface area contributed by atoms with Crippen LogP contribution >= 0.6 is 0 Å². The van der Waals surface area contributed by atoms with Crippen LogP contribution in [0.4, 0.5) is 26.2 Å². The third-order valence-electron chi connectivity index (χ3n) is 2.66. The highest BCUT2D eigenvalue weighted by atomic mass is 19.2. The minimum Gasteiger partial charge on any atom is -0.385 e. The van der Waals surface area contributed by atoms with Gasteiger partial charge >= 0.3 is 0 Å². The van der Waals surface area contributed by atoms with Crippen molar-refractivity contribution in [2.24, 2.45) is 0 Å². The number of nitrogens with zero attached hydrogens (tertiary/aromatic N) is 2. The summed E-state index contributed by atoms with van der Waals surface area (Å²) >= 11 is 0. The molecule has 0 spiro atoms. The zero-order chi connectivity index (χ0) is 15.1. The molecular weight excluding hydrogens is 278 g/mol. The van der Waals surface area contributed by atoms with Crippen molar-refractivity contribution < 1.29 is 13.5 Å². The number of nitrogens with one attached hydrogen (secondary N) is 2. The smallest absolute Gasteiger partial charge is 0.229 e. The molecule has 2 aromatic rings. The molecule has 7 heteroatoms. The quantitative estimate of drug-likeness (QED) is 0.769. The van der Waals surface area contributed by atoms with Gasteiger partial charge in [0, 0.05) is 38.2 Å². The maximum atomic E-state index is 13.1. The number of hydrogen-bond donors (Lipinski definition) is 2. The second-order valence-corrected chi connectivity index (χ2v) is 4.29. The number of halogens is 2. The first-order chi connectivity index (χ1) is 10.2. The molecule has 0 aliphatic heterocycles. The third kappa shape index (κ3) is 4.64. The first-order valence-corrected chi connectivity index (χ1v) is 6.47. The zero-order valence-corrected chi connectivity index (χ0v) is 11.6. The van der Waals surface area contributed by atoms with Crippen LogP contribution in [0.2, 0.25) is 0 Å². The number of methoxy groups -OCH3 is 1. The number of ether oxygens (including phenoxy) is 1. The molecule has 0 bridgehead atoms. The maximum absolute atomic E-state index is 13.1. The monoisotopic (exact) mass is 294 g/mol. The Morgan fingerprint density at radius 3 is 2.81 bits per heavy atom. The van der Waals surface area contributed by atoms with Crippen molar-refractivity contribution in [3.8, 4) is 0 Å². The zero-order valence-electron chi connectivity index (χ0n) is 11.6. The van der Waals surface area contributed by atoms with Crippen LogP contribution in [0.15, 0.2) is 30.5 Å². The molecule has 0 aliphatic rings. The summed E-state index contributed by atoms with van der Waals surface area (Å²) in [6.45, 7) is 1.38. The lowest BCUT2D eigenvalue weighted by Crippen LogP contribution is -2.07. The fourth-order valence-electron chi connectivity index (χ4n) is 1.65. The fourth-order valence-corrected chi connectivity index (χ4v) is 1.65. The van der Waals surface area contributed by atoms with Crippen LogP contribution in [0.1, 0.15) is 6.42 Å². The van der Waals surface area contributed by atoms with E-state index in [4.69, 9.17) is 4.74 Å². The summed E-state index contributed by atoms with van der Waals surface area (Å²) in [6, 6.07) is 5.24. The van der Waals surface area contributed by atoms with Crippen molar-refractivity contribution in [2.75, 3.05) is 30.9 Å². The summed E-state index contributed by atoms with van der Waals surface area (Å²) in [5.41, 5.74) is 0.380. The van der Waals surface area contributed by atoms with E-state index in [2.05, 4.69) is 20.6 Å². The van der Waals surface area contributed by atoms with Crippen LogP contribution in [0.3, 0.4) is 0 Å². The Labute approximate surface area is 121 Å². The molecule has 2 N–H and O–H groups in total. The lowest BCUT2D eigenvalue weighted by Gasteiger charge is -2.08. The molecule has 0 fully saturated rings. The van der Waals surface area contributed by atoms with Gasteiger partial charge in [0.25, 0.3) is 0 Å². The van der Waals surface area contributed by atoms with E-state index in [0.717, 1.165) is 25.1 Å². The predicted octanol–water partition coefficient (Wildman–Crippen LogP) is 2.95. The second kappa shape index (κ2) is 7.49. The highest BCUT2D eigenvalue weighted by molar-refractivity contribution is 5.54. The Kier molecular flexibility index (Phi) is 5.39. The summed E-state index contributed by atoms with van der Waals surface area (Å²) in [5.74, 6) is -0.868. The van der Waals surface area contributed by atoms with E-state index < -0.39 is 11.6 Å². The first-order valence-electron chi connectivity index (χ1n) is 6.47. The van der Waals surface area contributed by atoms with Gasteiger partial charge in [-0.2, -0.15) is 4.98 Å². The van der Waals surface area contributed by atoms with E-state index in [-0.39, 0.29) is 0 Å². The molecule has 1 aromatic carbocycles. The molecule has 0 aliphatic carbocycles. The first kappa shape index (κ1) is 15.1. The van der Waals surface area contributed by atoms with E-state index >= 15 is 0 Å². The molecule has 2 rings (SSSR count). The summed E-state index contributed by atoms with van der Waals surface area (Å²) in [7, 11) is 1.65. The predicted molar refractivity (Wildman–Crippen MR) is 76.7 cm³/mol. The molecule has 1 aromatic heterocycles. The number of benzene rings is 1. The van der Waals surface area contributed by atoms with Gasteiger partial charge in [0.2, 0.25) is 5.95 Å².